The molecule has 2 rings (SSSR count). The third-order valence-corrected chi connectivity index (χ3v) is 6.93. The second-order valence-corrected chi connectivity index (χ2v) is 7.96. The first kappa shape index (κ1) is 16.9. The van der Waals surface area contributed by atoms with Gasteiger partial charge >= 0.3 is 0 Å². The van der Waals surface area contributed by atoms with Gasteiger partial charge in [-0.1, -0.05) is 6.07 Å². The average molecular weight is 377 g/mol. The molecule has 1 aliphatic heterocycles. The summed E-state index contributed by atoms with van der Waals surface area (Å²) in [6, 6.07) is 3.73. The van der Waals surface area contributed by atoms with E-state index in [9.17, 15) is 8.42 Å². The Morgan fingerprint density at radius 2 is 2.19 bits per heavy atom. The molecule has 0 aliphatic carbocycles. The summed E-state index contributed by atoms with van der Waals surface area (Å²) in [7, 11) is -0.0351. The minimum Gasteiger partial charge on any atom is -0.380 e. The van der Waals surface area contributed by atoms with Crippen LogP contribution in [0.2, 0.25) is 0 Å². The Kier molecular flexibility index (Phi) is 5.43. The van der Waals surface area contributed by atoms with Gasteiger partial charge in [-0.15, -0.1) is 0 Å². The highest BCUT2D eigenvalue weighted by molar-refractivity contribution is 9.10. The van der Waals surface area contributed by atoms with Crippen molar-refractivity contribution in [3.05, 3.63) is 27.7 Å². The second-order valence-electron chi connectivity index (χ2n) is 5.26. The molecule has 1 saturated heterocycles. The van der Waals surface area contributed by atoms with Gasteiger partial charge in [0.25, 0.3) is 0 Å². The second kappa shape index (κ2) is 6.75. The summed E-state index contributed by atoms with van der Waals surface area (Å²) in [5.41, 5.74) is 1.88. The van der Waals surface area contributed by atoms with E-state index in [0.717, 1.165) is 17.5 Å². The minimum atomic E-state index is -3.50. The molecule has 1 N–H and O–H groups in total. The van der Waals surface area contributed by atoms with Gasteiger partial charge in [0.1, 0.15) is 0 Å². The number of ether oxygens (including phenoxy) is 1. The van der Waals surface area contributed by atoms with E-state index in [2.05, 4.69) is 21.2 Å². The zero-order chi connectivity index (χ0) is 15.6. The molecule has 21 heavy (non-hydrogen) atoms. The van der Waals surface area contributed by atoms with E-state index in [1.165, 1.54) is 4.31 Å². The van der Waals surface area contributed by atoms with E-state index >= 15 is 0 Å². The summed E-state index contributed by atoms with van der Waals surface area (Å²) in [6.45, 7) is 3.46. The van der Waals surface area contributed by atoms with E-state index in [1.807, 2.05) is 20.0 Å². The number of methoxy groups -OCH3 is 1. The lowest BCUT2D eigenvalue weighted by Gasteiger charge is -2.19. The zero-order valence-corrected chi connectivity index (χ0v) is 14.9. The number of aryl methyl sites for hydroxylation is 1. The highest BCUT2D eigenvalue weighted by Gasteiger charge is 2.34. The van der Waals surface area contributed by atoms with Crippen LogP contribution in [-0.4, -0.2) is 46.1 Å². The number of rotatable bonds is 5. The predicted octanol–water partition coefficient (Wildman–Crippen LogP) is 1.89. The van der Waals surface area contributed by atoms with Crippen molar-refractivity contribution in [1.29, 1.82) is 0 Å². The average Bonchev–Trinajstić information content (AvgIpc) is 2.92. The van der Waals surface area contributed by atoms with Crippen molar-refractivity contribution in [3.8, 4) is 0 Å². The Labute approximate surface area is 134 Å². The van der Waals surface area contributed by atoms with Crippen LogP contribution in [0.5, 0.6) is 0 Å². The van der Waals surface area contributed by atoms with Crippen LogP contribution in [0.3, 0.4) is 0 Å². The molecule has 0 aromatic heterocycles. The largest absolute Gasteiger partial charge is 0.380 e. The first-order valence-electron chi connectivity index (χ1n) is 6.86. The summed E-state index contributed by atoms with van der Waals surface area (Å²) < 4.78 is 33.1. The molecular formula is C14H21BrN2O3S. The number of nitrogens with zero attached hydrogens (tertiary/aromatic N) is 1. The fourth-order valence-electron chi connectivity index (χ4n) is 2.55. The number of sulfonamides is 1. The van der Waals surface area contributed by atoms with Gasteiger partial charge in [0.2, 0.25) is 10.0 Å². The maximum Gasteiger partial charge on any atom is 0.244 e. The van der Waals surface area contributed by atoms with Gasteiger partial charge in [0.15, 0.2) is 0 Å². The van der Waals surface area contributed by atoms with Crippen LogP contribution in [0.1, 0.15) is 17.5 Å². The molecule has 1 aromatic carbocycles. The lowest BCUT2D eigenvalue weighted by atomic mass is 10.1. The third-order valence-electron chi connectivity index (χ3n) is 3.72. The van der Waals surface area contributed by atoms with Crippen LogP contribution in [0.4, 0.5) is 0 Å². The van der Waals surface area contributed by atoms with Crippen molar-refractivity contribution in [3.63, 3.8) is 0 Å². The molecule has 5 nitrogen and oxygen atoms in total. The van der Waals surface area contributed by atoms with Gasteiger partial charge in [0, 0.05) is 31.2 Å². The van der Waals surface area contributed by atoms with Crippen molar-refractivity contribution in [1.82, 2.24) is 9.62 Å². The molecule has 0 amide bonds. The van der Waals surface area contributed by atoms with Crippen molar-refractivity contribution >= 4 is 26.0 Å². The van der Waals surface area contributed by atoms with Crippen molar-refractivity contribution in [2.75, 3.05) is 27.2 Å². The molecule has 1 aliphatic rings. The number of halogens is 1. The fraction of sp³-hybridized carbons (Fsp3) is 0.571. The van der Waals surface area contributed by atoms with E-state index in [0.29, 0.717) is 29.0 Å². The summed E-state index contributed by atoms with van der Waals surface area (Å²) >= 11 is 3.42. The van der Waals surface area contributed by atoms with Crippen LogP contribution in [0.15, 0.2) is 21.5 Å². The molecule has 1 aromatic rings. The van der Waals surface area contributed by atoms with Gasteiger partial charge in [0.05, 0.1) is 11.0 Å². The molecule has 1 unspecified atom stereocenters. The first-order valence-corrected chi connectivity index (χ1v) is 9.10. The molecule has 0 spiro atoms. The Bertz CT molecular complexity index is 619. The Hall–Kier alpha value is -0.470. The van der Waals surface area contributed by atoms with Crippen LogP contribution in [-0.2, 0) is 21.3 Å². The number of nitrogens with one attached hydrogen (secondary N) is 1. The van der Waals surface area contributed by atoms with Crippen LogP contribution in [0.25, 0.3) is 0 Å². The van der Waals surface area contributed by atoms with Gasteiger partial charge < -0.3 is 10.1 Å². The van der Waals surface area contributed by atoms with E-state index < -0.39 is 10.0 Å². The molecule has 1 atom stereocenters. The molecule has 0 bridgehead atoms. The van der Waals surface area contributed by atoms with E-state index in [4.69, 9.17) is 4.74 Å². The fourth-order valence-corrected chi connectivity index (χ4v) is 5.07. The normalized spacial score (nSPS) is 20.1. The molecule has 1 fully saturated rings. The molecule has 7 heteroatoms. The molecule has 1 heterocycles. The van der Waals surface area contributed by atoms with Gasteiger partial charge in [-0.2, -0.15) is 4.31 Å². The smallest absolute Gasteiger partial charge is 0.244 e. The maximum atomic E-state index is 12.8. The molecule has 0 radical (unpaired) electrons. The quantitative estimate of drug-likeness (QED) is 0.852. The Balaban J connectivity index is 2.40. The van der Waals surface area contributed by atoms with Crippen molar-refractivity contribution < 1.29 is 13.2 Å². The van der Waals surface area contributed by atoms with Crippen LogP contribution < -0.4 is 5.32 Å². The topological polar surface area (TPSA) is 58.6 Å². The molecular weight excluding hydrogens is 356 g/mol. The Morgan fingerprint density at radius 3 is 2.76 bits per heavy atom. The number of hydrogen-bond acceptors (Lipinski definition) is 4. The summed E-state index contributed by atoms with van der Waals surface area (Å²) in [6.07, 6.45) is 0.725. The summed E-state index contributed by atoms with van der Waals surface area (Å²) in [4.78, 5) is 0.338. The van der Waals surface area contributed by atoms with Gasteiger partial charge in [-0.3, -0.25) is 0 Å². The lowest BCUT2D eigenvalue weighted by molar-refractivity contribution is 0.115. The van der Waals surface area contributed by atoms with Crippen molar-refractivity contribution in [2.45, 2.75) is 30.9 Å². The van der Waals surface area contributed by atoms with Gasteiger partial charge in [-0.25, -0.2) is 8.42 Å². The Morgan fingerprint density at radius 1 is 1.48 bits per heavy atom. The van der Waals surface area contributed by atoms with Crippen molar-refractivity contribution in [2.24, 2.45) is 0 Å². The van der Waals surface area contributed by atoms with E-state index in [1.54, 1.807) is 13.2 Å². The first-order chi connectivity index (χ1) is 9.90. The minimum absolute atomic E-state index is 0.0138. The van der Waals surface area contributed by atoms with Crippen LogP contribution in [0, 0.1) is 6.92 Å². The van der Waals surface area contributed by atoms with Gasteiger partial charge in [-0.05, 0) is 53.5 Å². The van der Waals surface area contributed by atoms with Crippen LogP contribution >= 0.6 is 15.9 Å². The number of benzene rings is 1. The summed E-state index contributed by atoms with van der Waals surface area (Å²) in [5, 5.41) is 3.05. The number of hydrogen-bond donors (Lipinski definition) is 1. The third kappa shape index (κ3) is 3.48. The predicted molar refractivity (Wildman–Crippen MR) is 85.8 cm³/mol. The highest BCUT2D eigenvalue weighted by atomic mass is 79.9. The standard InChI is InChI=1S/C14H21BrN2O3S/c1-10-6-11(8-16-2)7-13(14(10)15)21(18,19)17-5-4-12(9-17)20-3/h6-7,12,16H,4-5,8-9H2,1-3H3. The zero-order valence-electron chi connectivity index (χ0n) is 12.5. The summed E-state index contributed by atoms with van der Waals surface area (Å²) in [5.74, 6) is 0. The molecule has 0 saturated carbocycles. The SMILES string of the molecule is CNCc1cc(C)c(Br)c(S(=O)(=O)N2CCC(OC)C2)c1. The van der Waals surface area contributed by atoms with E-state index in [-0.39, 0.29) is 6.10 Å². The maximum absolute atomic E-state index is 12.8. The monoisotopic (exact) mass is 376 g/mol. The lowest BCUT2D eigenvalue weighted by Crippen LogP contribution is -2.30. The molecule has 118 valence electrons. The highest BCUT2D eigenvalue weighted by Crippen LogP contribution is 2.31.